The van der Waals surface area contributed by atoms with Crippen molar-refractivity contribution in [2.24, 2.45) is 0 Å². The smallest absolute Gasteiger partial charge is 0.295 e. The largest absolute Gasteiger partial charge is 0.496 e. The van der Waals surface area contributed by atoms with Gasteiger partial charge in [0.05, 0.1) is 29.5 Å². The third-order valence-corrected chi connectivity index (χ3v) is 5.92. The van der Waals surface area contributed by atoms with E-state index in [2.05, 4.69) is 25.2 Å². The number of ether oxygens (including phenoxy) is 2. The Kier molecular flexibility index (Phi) is 7.79. The van der Waals surface area contributed by atoms with Gasteiger partial charge in [0.1, 0.15) is 12.4 Å². The zero-order chi connectivity index (χ0) is 24.2. The van der Waals surface area contributed by atoms with Gasteiger partial charge in [-0.25, -0.2) is 17.5 Å². The van der Waals surface area contributed by atoms with Crippen LogP contribution in [0.5, 0.6) is 10.9 Å². The van der Waals surface area contributed by atoms with Crippen LogP contribution < -0.4 is 19.5 Å². The number of hydrogen-bond acceptors (Lipinski definition) is 9. The molecule has 176 valence electrons. The highest BCUT2D eigenvalue weighted by atomic mass is 35.5. The van der Waals surface area contributed by atoms with E-state index < -0.39 is 21.7 Å². The van der Waals surface area contributed by atoms with Gasteiger partial charge >= 0.3 is 0 Å². The second-order valence-electron chi connectivity index (χ2n) is 6.65. The van der Waals surface area contributed by atoms with E-state index >= 15 is 0 Å². The average molecular weight is 516 g/mol. The lowest BCUT2D eigenvalue weighted by Crippen LogP contribution is -2.26. The Balaban J connectivity index is 1.82. The molecule has 14 heteroatoms. The molecule has 0 fully saturated rings. The Morgan fingerprint density at radius 3 is 2.76 bits per heavy atom. The lowest BCUT2D eigenvalue weighted by atomic mass is 9.98. The summed E-state index contributed by atoms with van der Waals surface area (Å²) in [5, 5.41) is 10.3. The molecule has 2 heterocycles. The van der Waals surface area contributed by atoms with E-state index in [4.69, 9.17) is 21.1 Å². The number of nitrogens with one attached hydrogen (secondary N) is 2. The van der Waals surface area contributed by atoms with Crippen LogP contribution in [-0.4, -0.2) is 56.0 Å². The fraction of sp³-hybridized carbons (Fsp3) is 0.263. The van der Waals surface area contributed by atoms with Crippen molar-refractivity contribution in [3.8, 4) is 22.1 Å². The number of methoxy groups -OCH3 is 1. The molecule has 0 bridgehead atoms. The van der Waals surface area contributed by atoms with Crippen molar-refractivity contribution in [2.45, 2.75) is 6.92 Å². The highest BCUT2D eigenvalue weighted by Gasteiger charge is 2.23. The van der Waals surface area contributed by atoms with Gasteiger partial charge in [0.25, 0.3) is 11.1 Å². The summed E-state index contributed by atoms with van der Waals surface area (Å²) in [6.45, 7) is 1.77. The number of halogens is 2. The number of pyridine rings is 1. The zero-order valence-electron chi connectivity index (χ0n) is 17.7. The molecule has 10 nitrogen and oxygen atoms in total. The zero-order valence-corrected chi connectivity index (χ0v) is 20.1. The van der Waals surface area contributed by atoms with Gasteiger partial charge in [-0.05, 0) is 36.5 Å². The number of aryl methyl sites for hydroxylation is 1. The van der Waals surface area contributed by atoms with Crippen LogP contribution in [0.15, 0.2) is 24.4 Å². The van der Waals surface area contributed by atoms with Gasteiger partial charge in [-0.1, -0.05) is 16.7 Å². The molecule has 0 unspecified atom stereocenters. The fourth-order valence-electron chi connectivity index (χ4n) is 2.75. The van der Waals surface area contributed by atoms with Crippen LogP contribution in [0, 0.1) is 12.7 Å². The summed E-state index contributed by atoms with van der Waals surface area (Å²) in [4.78, 5) is 17.1. The molecule has 0 saturated carbocycles. The molecule has 1 aromatic carbocycles. The third-order valence-electron chi connectivity index (χ3n) is 4.15. The van der Waals surface area contributed by atoms with E-state index in [0.717, 1.165) is 17.6 Å². The molecule has 0 spiro atoms. The predicted octanol–water partition coefficient (Wildman–Crippen LogP) is 2.89. The molecule has 2 N–H and O–H groups in total. The summed E-state index contributed by atoms with van der Waals surface area (Å²) in [7, 11) is -1.95. The maximum absolute atomic E-state index is 14.9. The molecular formula is C19H19ClFN5O5S2. The predicted molar refractivity (Wildman–Crippen MR) is 122 cm³/mol. The van der Waals surface area contributed by atoms with E-state index in [9.17, 15) is 17.6 Å². The number of amides is 1. The first-order valence-electron chi connectivity index (χ1n) is 9.30. The number of sulfonamides is 1. The molecule has 33 heavy (non-hydrogen) atoms. The quantitative estimate of drug-likeness (QED) is 0.416. The lowest BCUT2D eigenvalue weighted by Gasteiger charge is -2.14. The number of anilines is 1. The monoisotopic (exact) mass is 515 g/mol. The first kappa shape index (κ1) is 24.8. The molecular weight excluding hydrogens is 497 g/mol. The number of carbonyl (C=O) groups is 1. The van der Waals surface area contributed by atoms with E-state index in [0.29, 0.717) is 5.69 Å². The summed E-state index contributed by atoms with van der Waals surface area (Å²) >= 11 is 6.90. The third kappa shape index (κ3) is 6.35. The van der Waals surface area contributed by atoms with E-state index in [1.807, 2.05) is 0 Å². The highest BCUT2D eigenvalue weighted by Crippen LogP contribution is 2.38. The SMILES string of the molecule is COc1ccc(Cl)c(F)c1-c1cc(C)ncc1C(=O)Nc1nnc(OCCNS(C)(=O)=O)s1. The minimum absolute atomic E-state index is 0.0233. The lowest BCUT2D eigenvalue weighted by molar-refractivity contribution is 0.102. The summed E-state index contributed by atoms with van der Waals surface area (Å²) in [6, 6.07) is 4.42. The summed E-state index contributed by atoms with van der Waals surface area (Å²) in [6.07, 6.45) is 2.35. The van der Waals surface area contributed by atoms with Crippen LogP contribution in [0.4, 0.5) is 9.52 Å². The van der Waals surface area contributed by atoms with Crippen LogP contribution in [-0.2, 0) is 10.0 Å². The number of hydrogen-bond donors (Lipinski definition) is 2. The van der Waals surface area contributed by atoms with Crippen LogP contribution >= 0.6 is 22.9 Å². The normalized spacial score (nSPS) is 11.3. The minimum Gasteiger partial charge on any atom is -0.496 e. The van der Waals surface area contributed by atoms with Crippen LogP contribution in [0.25, 0.3) is 11.1 Å². The van der Waals surface area contributed by atoms with Gasteiger partial charge in [-0.15, -0.1) is 5.10 Å². The Morgan fingerprint density at radius 2 is 2.06 bits per heavy atom. The van der Waals surface area contributed by atoms with Gasteiger partial charge in [0.2, 0.25) is 15.2 Å². The molecule has 0 radical (unpaired) electrons. The number of carbonyl (C=O) groups excluding carboxylic acids is 1. The van der Waals surface area contributed by atoms with Gasteiger partial charge in [0, 0.05) is 24.0 Å². The van der Waals surface area contributed by atoms with Gasteiger partial charge < -0.3 is 9.47 Å². The highest BCUT2D eigenvalue weighted by molar-refractivity contribution is 7.88. The van der Waals surface area contributed by atoms with Crippen molar-refractivity contribution < 1.29 is 27.1 Å². The molecule has 0 aliphatic rings. The topological polar surface area (TPSA) is 132 Å². The second-order valence-corrected chi connectivity index (χ2v) is 9.83. The van der Waals surface area contributed by atoms with Crippen molar-refractivity contribution in [3.63, 3.8) is 0 Å². The molecule has 3 aromatic rings. The van der Waals surface area contributed by atoms with E-state index in [1.54, 1.807) is 13.0 Å². The second kappa shape index (κ2) is 10.4. The summed E-state index contributed by atoms with van der Waals surface area (Å²) < 4.78 is 49.9. The standard InChI is InChI=1S/C19H19ClFN5O5S2/c1-10-8-11(15-14(30-2)5-4-13(20)16(15)21)12(9-22-10)17(27)24-18-25-26-19(32-18)31-7-6-23-33(3,28)29/h4-5,8-9,23H,6-7H2,1-3H3,(H,24,25,27). The van der Waals surface area contributed by atoms with Crippen LogP contribution in [0.1, 0.15) is 16.1 Å². The molecule has 2 aromatic heterocycles. The Hall–Kier alpha value is -2.87. The molecule has 1 amide bonds. The Bertz CT molecular complexity index is 1290. The number of rotatable bonds is 9. The maximum atomic E-state index is 14.9. The molecule has 3 rings (SSSR count). The molecule has 0 aliphatic heterocycles. The van der Waals surface area contributed by atoms with Crippen molar-refractivity contribution in [1.29, 1.82) is 0 Å². The molecule has 0 aliphatic carbocycles. The first-order chi connectivity index (χ1) is 15.6. The minimum atomic E-state index is -3.33. The van der Waals surface area contributed by atoms with Gasteiger partial charge in [-0.3, -0.25) is 15.1 Å². The summed E-state index contributed by atoms with van der Waals surface area (Å²) in [5.74, 6) is -1.14. The van der Waals surface area contributed by atoms with Gasteiger partial charge in [0.15, 0.2) is 5.82 Å². The summed E-state index contributed by atoms with van der Waals surface area (Å²) in [5.41, 5.74) is 0.886. The maximum Gasteiger partial charge on any atom is 0.295 e. The Labute approximate surface area is 198 Å². The van der Waals surface area contributed by atoms with Crippen LogP contribution in [0.3, 0.4) is 0 Å². The van der Waals surface area contributed by atoms with Crippen molar-refractivity contribution in [3.05, 3.63) is 46.5 Å². The van der Waals surface area contributed by atoms with Crippen molar-refractivity contribution >= 4 is 44.0 Å². The Morgan fingerprint density at radius 1 is 1.30 bits per heavy atom. The molecule has 0 atom stereocenters. The van der Waals surface area contributed by atoms with Gasteiger partial charge in [-0.2, -0.15) is 0 Å². The van der Waals surface area contributed by atoms with E-state index in [1.165, 1.54) is 25.4 Å². The average Bonchev–Trinajstić information content (AvgIpc) is 3.19. The first-order valence-corrected chi connectivity index (χ1v) is 12.4. The van der Waals surface area contributed by atoms with Crippen molar-refractivity contribution in [2.75, 3.05) is 31.8 Å². The fourth-order valence-corrected chi connectivity index (χ4v) is 3.98. The van der Waals surface area contributed by atoms with E-state index in [-0.39, 0.29) is 50.9 Å². The number of benzene rings is 1. The van der Waals surface area contributed by atoms with Crippen molar-refractivity contribution in [1.82, 2.24) is 19.9 Å². The van der Waals surface area contributed by atoms with Crippen LogP contribution in [0.2, 0.25) is 5.02 Å². The molecule has 0 saturated heterocycles. The number of nitrogens with zero attached hydrogens (tertiary/aromatic N) is 3. The number of aromatic nitrogens is 3.